The van der Waals surface area contributed by atoms with Crippen molar-refractivity contribution >= 4 is 11.3 Å². The van der Waals surface area contributed by atoms with Crippen LogP contribution >= 0.6 is 11.3 Å². The van der Waals surface area contributed by atoms with Crippen molar-refractivity contribution in [2.75, 3.05) is 39.4 Å². The van der Waals surface area contributed by atoms with Crippen LogP contribution in [0.2, 0.25) is 0 Å². The van der Waals surface area contributed by atoms with Gasteiger partial charge >= 0.3 is 0 Å². The zero-order chi connectivity index (χ0) is 13.4. The predicted octanol–water partition coefficient (Wildman–Crippen LogP) is 2.29. The zero-order valence-electron chi connectivity index (χ0n) is 12.0. The molecule has 0 bridgehead atoms. The third kappa shape index (κ3) is 2.54. The van der Waals surface area contributed by atoms with E-state index in [1.54, 1.807) is 0 Å². The second-order valence-corrected chi connectivity index (χ2v) is 7.38. The summed E-state index contributed by atoms with van der Waals surface area (Å²) in [5.74, 6) is 1.59. The molecule has 3 atom stereocenters. The second-order valence-electron chi connectivity index (χ2n) is 6.60. The molecule has 4 heteroatoms. The van der Waals surface area contributed by atoms with E-state index >= 15 is 0 Å². The van der Waals surface area contributed by atoms with Crippen LogP contribution < -0.4 is 0 Å². The molecule has 0 saturated carbocycles. The molecule has 20 heavy (non-hydrogen) atoms. The summed E-state index contributed by atoms with van der Waals surface area (Å²) in [4.78, 5) is 5.35. The van der Waals surface area contributed by atoms with E-state index < -0.39 is 0 Å². The highest BCUT2D eigenvalue weighted by atomic mass is 32.1. The molecular formula is C16H24N2OS. The number of thiophene rings is 1. The Hall–Kier alpha value is -0.420. The van der Waals surface area contributed by atoms with Crippen molar-refractivity contribution in [3.8, 4) is 0 Å². The molecule has 1 aromatic heterocycles. The van der Waals surface area contributed by atoms with Crippen molar-refractivity contribution in [1.82, 2.24) is 9.80 Å². The van der Waals surface area contributed by atoms with Crippen LogP contribution in [0.4, 0.5) is 0 Å². The first-order valence-electron chi connectivity index (χ1n) is 7.95. The molecule has 0 radical (unpaired) electrons. The molecule has 3 aliphatic rings. The van der Waals surface area contributed by atoms with Crippen molar-refractivity contribution in [2.24, 2.45) is 11.8 Å². The van der Waals surface area contributed by atoms with E-state index in [4.69, 9.17) is 4.74 Å². The van der Waals surface area contributed by atoms with Gasteiger partial charge in [-0.1, -0.05) is 0 Å². The lowest BCUT2D eigenvalue weighted by Crippen LogP contribution is -2.49. The van der Waals surface area contributed by atoms with E-state index in [1.807, 2.05) is 11.3 Å². The normalized spacial score (nSPS) is 35.5. The van der Waals surface area contributed by atoms with E-state index in [9.17, 15) is 0 Å². The van der Waals surface area contributed by atoms with Gasteiger partial charge in [-0.05, 0) is 54.2 Å². The van der Waals surface area contributed by atoms with Crippen LogP contribution in [-0.4, -0.2) is 55.2 Å². The highest BCUT2D eigenvalue weighted by Crippen LogP contribution is 2.34. The first kappa shape index (κ1) is 13.3. The largest absolute Gasteiger partial charge is 0.379 e. The Balaban J connectivity index is 1.43. The van der Waals surface area contributed by atoms with Gasteiger partial charge < -0.3 is 4.74 Å². The zero-order valence-corrected chi connectivity index (χ0v) is 12.9. The van der Waals surface area contributed by atoms with Crippen LogP contribution in [0.3, 0.4) is 0 Å². The maximum atomic E-state index is 5.93. The molecule has 3 saturated heterocycles. The number of ether oxygens (including phenoxy) is 1. The minimum absolute atomic E-state index is 0.684. The third-order valence-corrected chi connectivity index (χ3v) is 6.01. The van der Waals surface area contributed by atoms with Gasteiger partial charge in [-0.25, -0.2) is 0 Å². The summed E-state index contributed by atoms with van der Waals surface area (Å²) >= 11 is 1.81. The van der Waals surface area contributed by atoms with Crippen LogP contribution in [0, 0.1) is 11.8 Å². The molecule has 3 nitrogen and oxygen atoms in total. The number of hydrogen-bond donors (Lipinski definition) is 0. The first-order chi connectivity index (χ1) is 9.90. The Morgan fingerprint density at radius 1 is 1.20 bits per heavy atom. The number of fused-ring (bicyclic) bond motifs is 1. The lowest BCUT2D eigenvalue weighted by molar-refractivity contribution is -0.0308. The van der Waals surface area contributed by atoms with Gasteiger partial charge in [0.1, 0.15) is 0 Å². The maximum absolute atomic E-state index is 5.93. The summed E-state index contributed by atoms with van der Waals surface area (Å²) in [6.07, 6.45) is 2.76. The number of nitrogens with zero attached hydrogens (tertiary/aromatic N) is 2. The SMILES string of the molecule is c1cc(CN2C[C@H]3COC[C@H](N4CCCC4)[C@H]3C2)cs1. The second kappa shape index (κ2) is 5.76. The van der Waals surface area contributed by atoms with Crippen molar-refractivity contribution in [2.45, 2.75) is 25.4 Å². The standard InChI is InChI=1S/C16H24N2OS/c1-2-5-18(4-1)16-11-19-10-14-8-17(9-15(14)16)7-13-3-6-20-12-13/h3,6,12,14-16H,1-2,4-5,7-11H2/t14-,15-,16-/m0/s1. The summed E-state index contributed by atoms with van der Waals surface area (Å²) in [6.45, 7) is 8.16. The van der Waals surface area contributed by atoms with E-state index in [2.05, 4.69) is 26.6 Å². The molecule has 4 rings (SSSR count). The topological polar surface area (TPSA) is 15.7 Å². The van der Waals surface area contributed by atoms with E-state index in [0.29, 0.717) is 6.04 Å². The number of rotatable bonds is 3. The van der Waals surface area contributed by atoms with E-state index in [1.165, 1.54) is 44.6 Å². The molecular weight excluding hydrogens is 268 g/mol. The fourth-order valence-electron chi connectivity index (χ4n) is 4.28. The Bertz CT molecular complexity index is 430. The third-order valence-electron chi connectivity index (χ3n) is 5.28. The van der Waals surface area contributed by atoms with Crippen LogP contribution in [0.1, 0.15) is 18.4 Å². The molecule has 0 aromatic carbocycles. The van der Waals surface area contributed by atoms with Gasteiger partial charge in [0.05, 0.1) is 13.2 Å². The van der Waals surface area contributed by atoms with Crippen LogP contribution in [-0.2, 0) is 11.3 Å². The smallest absolute Gasteiger partial charge is 0.0625 e. The summed E-state index contributed by atoms with van der Waals surface area (Å²) < 4.78 is 5.93. The quantitative estimate of drug-likeness (QED) is 0.850. The Morgan fingerprint density at radius 2 is 2.10 bits per heavy atom. The van der Waals surface area contributed by atoms with E-state index in [0.717, 1.165) is 31.6 Å². The number of hydrogen-bond acceptors (Lipinski definition) is 4. The van der Waals surface area contributed by atoms with Gasteiger partial charge in [0.15, 0.2) is 0 Å². The summed E-state index contributed by atoms with van der Waals surface area (Å²) in [5, 5.41) is 4.48. The molecule has 1 aromatic rings. The van der Waals surface area contributed by atoms with Gasteiger partial charge in [0, 0.05) is 31.6 Å². The molecule has 4 heterocycles. The molecule has 0 amide bonds. The molecule has 110 valence electrons. The molecule has 0 spiro atoms. The predicted molar refractivity (Wildman–Crippen MR) is 82.0 cm³/mol. The average molecular weight is 292 g/mol. The summed E-state index contributed by atoms with van der Waals surface area (Å²) in [7, 11) is 0. The molecule has 0 N–H and O–H groups in total. The molecule has 0 unspecified atom stereocenters. The number of likely N-dealkylation sites (tertiary alicyclic amines) is 2. The van der Waals surface area contributed by atoms with Gasteiger partial charge in [0.25, 0.3) is 0 Å². The maximum Gasteiger partial charge on any atom is 0.0625 e. The Labute approximate surface area is 125 Å². The van der Waals surface area contributed by atoms with Gasteiger partial charge in [0.2, 0.25) is 0 Å². The van der Waals surface area contributed by atoms with Crippen molar-refractivity contribution in [1.29, 1.82) is 0 Å². The van der Waals surface area contributed by atoms with Crippen molar-refractivity contribution in [3.63, 3.8) is 0 Å². The molecule has 3 aliphatic heterocycles. The van der Waals surface area contributed by atoms with Crippen LogP contribution in [0.25, 0.3) is 0 Å². The fourth-order valence-corrected chi connectivity index (χ4v) is 4.94. The first-order valence-corrected chi connectivity index (χ1v) is 8.89. The lowest BCUT2D eigenvalue weighted by Gasteiger charge is -2.38. The fraction of sp³-hybridized carbons (Fsp3) is 0.750. The Kier molecular flexibility index (Phi) is 3.82. The average Bonchev–Trinajstić information content (AvgIpc) is 3.19. The van der Waals surface area contributed by atoms with Crippen molar-refractivity contribution in [3.05, 3.63) is 22.4 Å². The highest BCUT2D eigenvalue weighted by Gasteiger charge is 2.43. The monoisotopic (exact) mass is 292 g/mol. The Morgan fingerprint density at radius 3 is 2.90 bits per heavy atom. The van der Waals surface area contributed by atoms with Crippen LogP contribution in [0.5, 0.6) is 0 Å². The summed E-state index contributed by atoms with van der Waals surface area (Å²) in [5.41, 5.74) is 1.48. The van der Waals surface area contributed by atoms with Gasteiger partial charge in [-0.15, -0.1) is 0 Å². The van der Waals surface area contributed by atoms with Gasteiger partial charge in [-0.3, -0.25) is 9.80 Å². The van der Waals surface area contributed by atoms with Crippen molar-refractivity contribution < 1.29 is 4.74 Å². The minimum Gasteiger partial charge on any atom is -0.379 e. The highest BCUT2D eigenvalue weighted by molar-refractivity contribution is 7.07. The molecule has 3 fully saturated rings. The minimum atomic E-state index is 0.684. The van der Waals surface area contributed by atoms with Gasteiger partial charge in [-0.2, -0.15) is 11.3 Å². The summed E-state index contributed by atoms with van der Waals surface area (Å²) in [6, 6.07) is 2.95. The lowest BCUT2D eigenvalue weighted by atomic mass is 9.87. The molecule has 0 aliphatic carbocycles. The van der Waals surface area contributed by atoms with E-state index in [-0.39, 0.29) is 0 Å². The van der Waals surface area contributed by atoms with Crippen LogP contribution in [0.15, 0.2) is 16.8 Å².